The Labute approximate surface area is 143 Å². The summed E-state index contributed by atoms with van der Waals surface area (Å²) in [5, 5.41) is 0. The van der Waals surface area contributed by atoms with Crippen molar-refractivity contribution in [3.63, 3.8) is 0 Å². The molecule has 0 rings (SSSR count). The van der Waals surface area contributed by atoms with Gasteiger partial charge in [0, 0.05) is 7.05 Å². The van der Waals surface area contributed by atoms with Crippen LogP contribution in [0.3, 0.4) is 0 Å². The van der Waals surface area contributed by atoms with Crippen molar-refractivity contribution in [1.82, 2.24) is 8.61 Å². The first kappa shape index (κ1) is 22.8. The maximum absolute atomic E-state index is 12.1. The Kier molecular flexibility index (Phi) is 11.3. The van der Waals surface area contributed by atoms with E-state index < -0.39 is 20.0 Å². The predicted octanol–water partition coefficient (Wildman–Crippen LogP) is 2.28. The van der Waals surface area contributed by atoms with Crippen LogP contribution in [0.4, 0.5) is 0 Å². The molecule has 140 valence electrons. The molecule has 0 unspecified atom stereocenters. The Hall–Kier alpha value is -0.180. The summed E-state index contributed by atoms with van der Waals surface area (Å²) < 4.78 is 49.1. The number of nitrogens with zero attached hydrogens (tertiary/aromatic N) is 2. The van der Waals surface area contributed by atoms with Gasteiger partial charge in [0.2, 0.25) is 20.0 Å². The van der Waals surface area contributed by atoms with Crippen LogP contribution in [0.15, 0.2) is 0 Å². The summed E-state index contributed by atoms with van der Waals surface area (Å²) in [5.74, 6) is -0.209. The number of unbranched alkanes of at least 4 members (excludes halogenated alkanes) is 6. The van der Waals surface area contributed by atoms with Gasteiger partial charge < -0.3 is 4.90 Å². The van der Waals surface area contributed by atoms with Gasteiger partial charge in [-0.25, -0.2) is 16.8 Å². The summed E-state index contributed by atoms with van der Waals surface area (Å²) in [4.78, 5) is 1.98. The van der Waals surface area contributed by atoms with Crippen LogP contribution in [-0.4, -0.2) is 64.6 Å². The molecule has 0 saturated heterocycles. The third kappa shape index (κ3) is 10.3. The van der Waals surface area contributed by atoms with Crippen molar-refractivity contribution < 1.29 is 16.8 Å². The van der Waals surface area contributed by atoms with E-state index in [0.29, 0.717) is 16.6 Å². The highest BCUT2D eigenvalue weighted by Crippen LogP contribution is 2.12. The second-order valence-electron chi connectivity index (χ2n) is 6.29. The lowest BCUT2D eigenvalue weighted by atomic mass is 10.1. The third-order valence-corrected chi connectivity index (χ3v) is 8.34. The van der Waals surface area contributed by atoms with E-state index in [4.69, 9.17) is 0 Å². The van der Waals surface area contributed by atoms with Crippen LogP contribution in [0, 0.1) is 0 Å². The monoisotopic (exact) mass is 370 g/mol. The van der Waals surface area contributed by atoms with Crippen molar-refractivity contribution >= 4 is 20.0 Å². The lowest BCUT2D eigenvalue weighted by Crippen LogP contribution is -2.36. The standard InChI is InChI=1S/C15H34N2O4S2/c1-5-6-7-8-9-11-14-22(18,19)17(4)23(20,21)15-12-10-13-16(2)3/h5-15H2,1-4H3. The molecule has 0 aliphatic rings. The molecule has 0 aromatic carbocycles. The zero-order chi connectivity index (χ0) is 17.9. The van der Waals surface area contributed by atoms with Crippen LogP contribution in [0.1, 0.15) is 58.3 Å². The quantitative estimate of drug-likeness (QED) is 0.439. The average Bonchev–Trinajstić information content (AvgIpc) is 2.46. The maximum atomic E-state index is 12.1. The second kappa shape index (κ2) is 11.4. The topological polar surface area (TPSA) is 74.8 Å². The molecule has 6 nitrogen and oxygen atoms in total. The fourth-order valence-corrected chi connectivity index (χ4v) is 5.69. The predicted molar refractivity (Wildman–Crippen MR) is 96.5 cm³/mol. The largest absolute Gasteiger partial charge is 0.309 e. The highest BCUT2D eigenvalue weighted by Gasteiger charge is 2.28. The van der Waals surface area contributed by atoms with E-state index in [-0.39, 0.29) is 11.5 Å². The Morgan fingerprint density at radius 1 is 0.652 bits per heavy atom. The van der Waals surface area contributed by atoms with Crippen molar-refractivity contribution in [2.24, 2.45) is 0 Å². The van der Waals surface area contributed by atoms with Gasteiger partial charge in [0.25, 0.3) is 0 Å². The number of rotatable bonds is 14. The molecular weight excluding hydrogens is 336 g/mol. The molecule has 0 atom stereocenters. The van der Waals surface area contributed by atoms with Gasteiger partial charge in [0.05, 0.1) is 11.5 Å². The van der Waals surface area contributed by atoms with Crippen LogP contribution in [-0.2, 0) is 20.0 Å². The van der Waals surface area contributed by atoms with Gasteiger partial charge in [0.1, 0.15) is 0 Å². The van der Waals surface area contributed by atoms with E-state index in [2.05, 4.69) is 6.92 Å². The molecule has 0 heterocycles. The van der Waals surface area contributed by atoms with Gasteiger partial charge in [0.15, 0.2) is 0 Å². The number of hydrogen-bond donors (Lipinski definition) is 0. The summed E-state index contributed by atoms with van der Waals surface area (Å²) >= 11 is 0. The fourth-order valence-electron chi connectivity index (χ4n) is 2.21. The molecule has 0 aromatic rings. The van der Waals surface area contributed by atoms with E-state index in [0.717, 1.165) is 52.1 Å². The molecule has 0 N–H and O–H groups in total. The van der Waals surface area contributed by atoms with E-state index in [1.165, 1.54) is 0 Å². The van der Waals surface area contributed by atoms with Gasteiger partial charge in [-0.15, -0.1) is 0 Å². The lowest BCUT2D eigenvalue weighted by molar-refractivity contribution is 0.397. The Bertz CT molecular complexity index is 502. The van der Waals surface area contributed by atoms with Crippen LogP contribution in [0.25, 0.3) is 0 Å². The van der Waals surface area contributed by atoms with Crippen molar-refractivity contribution in [3.05, 3.63) is 0 Å². The van der Waals surface area contributed by atoms with Gasteiger partial charge in [-0.2, -0.15) is 0 Å². The zero-order valence-electron chi connectivity index (χ0n) is 15.1. The first-order chi connectivity index (χ1) is 10.6. The Balaban J connectivity index is 4.28. The maximum Gasteiger partial charge on any atom is 0.226 e. The van der Waals surface area contributed by atoms with Gasteiger partial charge in [-0.1, -0.05) is 42.7 Å². The zero-order valence-corrected chi connectivity index (χ0v) is 16.8. The molecule has 23 heavy (non-hydrogen) atoms. The average molecular weight is 371 g/mol. The van der Waals surface area contributed by atoms with Crippen LogP contribution in [0.2, 0.25) is 0 Å². The van der Waals surface area contributed by atoms with E-state index >= 15 is 0 Å². The molecule has 0 aliphatic carbocycles. The van der Waals surface area contributed by atoms with E-state index in [9.17, 15) is 16.8 Å². The highest BCUT2D eigenvalue weighted by atomic mass is 32.3. The fraction of sp³-hybridized carbons (Fsp3) is 1.00. The minimum atomic E-state index is -3.74. The molecule has 0 radical (unpaired) electrons. The van der Waals surface area contributed by atoms with Crippen molar-refractivity contribution in [1.29, 1.82) is 0 Å². The molecule has 0 aromatic heterocycles. The number of hydrogen-bond acceptors (Lipinski definition) is 5. The first-order valence-corrected chi connectivity index (χ1v) is 11.7. The van der Waals surface area contributed by atoms with Crippen LogP contribution < -0.4 is 0 Å². The van der Waals surface area contributed by atoms with Crippen molar-refractivity contribution in [3.8, 4) is 0 Å². The van der Waals surface area contributed by atoms with Crippen LogP contribution in [0.5, 0.6) is 0 Å². The van der Waals surface area contributed by atoms with Crippen molar-refractivity contribution in [2.45, 2.75) is 58.3 Å². The van der Waals surface area contributed by atoms with Gasteiger partial charge >= 0.3 is 0 Å². The molecule has 0 fully saturated rings. The summed E-state index contributed by atoms with van der Waals surface area (Å²) in [6, 6.07) is 0. The number of sulfonamides is 2. The molecule has 0 saturated carbocycles. The summed E-state index contributed by atoms with van der Waals surface area (Å²) in [6.07, 6.45) is 6.97. The summed E-state index contributed by atoms with van der Waals surface area (Å²) in [6.45, 7) is 2.92. The summed E-state index contributed by atoms with van der Waals surface area (Å²) in [5.41, 5.74) is 0. The van der Waals surface area contributed by atoms with Gasteiger partial charge in [-0.3, -0.25) is 0 Å². The molecule has 0 aliphatic heterocycles. The smallest absolute Gasteiger partial charge is 0.226 e. The van der Waals surface area contributed by atoms with E-state index in [1.807, 2.05) is 19.0 Å². The molecule has 0 amide bonds. The minimum absolute atomic E-state index is 0.0907. The minimum Gasteiger partial charge on any atom is -0.309 e. The lowest BCUT2D eigenvalue weighted by Gasteiger charge is -2.17. The third-order valence-electron chi connectivity index (χ3n) is 3.80. The SMILES string of the molecule is CCCCCCCCS(=O)(=O)N(C)S(=O)(=O)CCCCN(C)C. The van der Waals surface area contributed by atoms with E-state index in [1.54, 1.807) is 0 Å². The molecule has 0 spiro atoms. The first-order valence-electron chi connectivity index (χ1n) is 8.47. The van der Waals surface area contributed by atoms with Crippen molar-refractivity contribution in [2.75, 3.05) is 39.2 Å². The highest BCUT2D eigenvalue weighted by molar-refractivity contribution is 8.03. The van der Waals surface area contributed by atoms with Gasteiger partial charge in [-0.05, 0) is 39.9 Å². The second-order valence-corrected chi connectivity index (χ2v) is 10.8. The molecule has 8 heteroatoms. The van der Waals surface area contributed by atoms with Crippen LogP contribution >= 0.6 is 0 Å². The normalized spacial score (nSPS) is 13.1. The molecular formula is C15H34N2O4S2. The Morgan fingerprint density at radius 3 is 1.57 bits per heavy atom. The molecule has 0 bridgehead atoms. The Morgan fingerprint density at radius 2 is 1.09 bits per heavy atom. The summed E-state index contributed by atoms with van der Waals surface area (Å²) in [7, 11) is -2.46.